The molecule has 0 saturated carbocycles. The summed E-state index contributed by atoms with van der Waals surface area (Å²) in [5, 5.41) is 0. The Morgan fingerprint density at radius 3 is 2.68 bits per heavy atom. The van der Waals surface area contributed by atoms with Crippen molar-refractivity contribution in [1.29, 1.82) is 0 Å². The SMILES string of the molecule is CN(Cc1cccc(F)c1)C(=O)C1CCN(C(=O)c2ccoc2)CC1. The Balaban J connectivity index is 1.53. The zero-order valence-corrected chi connectivity index (χ0v) is 14.2. The van der Waals surface area contributed by atoms with Gasteiger partial charge >= 0.3 is 0 Å². The summed E-state index contributed by atoms with van der Waals surface area (Å²) in [5.41, 5.74) is 1.30. The smallest absolute Gasteiger partial charge is 0.257 e. The first-order valence-corrected chi connectivity index (χ1v) is 8.35. The van der Waals surface area contributed by atoms with Gasteiger partial charge in [-0.25, -0.2) is 4.39 Å². The summed E-state index contributed by atoms with van der Waals surface area (Å²) >= 11 is 0. The average molecular weight is 344 g/mol. The standard InChI is InChI=1S/C19H21FN2O3/c1-21(12-14-3-2-4-17(20)11-14)18(23)15-5-8-22(9-6-15)19(24)16-7-10-25-13-16/h2-4,7,10-11,13,15H,5-6,8-9,12H2,1H3. The van der Waals surface area contributed by atoms with Gasteiger partial charge in [0.2, 0.25) is 5.91 Å². The number of rotatable bonds is 4. The van der Waals surface area contributed by atoms with E-state index in [1.54, 1.807) is 35.0 Å². The molecule has 1 fully saturated rings. The van der Waals surface area contributed by atoms with Gasteiger partial charge in [0.05, 0.1) is 11.8 Å². The fourth-order valence-corrected chi connectivity index (χ4v) is 3.20. The van der Waals surface area contributed by atoms with E-state index in [9.17, 15) is 14.0 Å². The summed E-state index contributed by atoms with van der Waals surface area (Å²) < 4.78 is 18.2. The monoisotopic (exact) mass is 344 g/mol. The Morgan fingerprint density at radius 1 is 1.28 bits per heavy atom. The number of likely N-dealkylation sites (tertiary alicyclic amines) is 1. The maximum Gasteiger partial charge on any atom is 0.257 e. The Labute approximate surface area is 146 Å². The molecule has 0 N–H and O–H groups in total. The normalized spacial score (nSPS) is 15.2. The Hall–Kier alpha value is -2.63. The highest BCUT2D eigenvalue weighted by atomic mass is 19.1. The van der Waals surface area contributed by atoms with Gasteiger partial charge in [0.1, 0.15) is 12.1 Å². The van der Waals surface area contributed by atoms with Crippen LogP contribution in [0.5, 0.6) is 0 Å². The lowest BCUT2D eigenvalue weighted by Gasteiger charge is -2.33. The lowest BCUT2D eigenvalue weighted by molar-refractivity contribution is -0.136. The van der Waals surface area contributed by atoms with Gasteiger partial charge in [-0.15, -0.1) is 0 Å². The van der Waals surface area contributed by atoms with Gasteiger partial charge in [-0.05, 0) is 36.6 Å². The predicted molar refractivity (Wildman–Crippen MR) is 90.2 cm³/mol. The summed E-state index contributed by atoms with van der Waals surface area (Å²) in [6, 6.07) is 7.92. The minimum atomic E-state index is -0.301. The average Bonchev–Trinajstić information content (AvgIpc) is 3.15. The second-order valence-corrected chi connectivity index (χ2v) is 6.40. The van der Waals surface area contributed by atoms with Crippen molar-refractivity contribution < 1.29 is 18.4 Å². The van der Waals surface area contributed by atoms with E-state index in [4.69, 9.17) is 4.42 Å². The number of nitrogens with zero attached hydrogens (tertiary/aromatic N) is 2. The number of carbonyl (C=O) groups is 2. The number of hydrogen-bond donors (Lipinski definition) is 0. The summed E-state index contributed by atoms with van der Waals surface area (Å²) in [6.45, 7) is 1.48. The molecule has 2 heterocycles. The van der Waals surface area contributed by atoms with E-state index in [1.807, 2.05) is 0 Å². The molecule has 0 unspecified atom stereocenters. The van der Waals surface area contributed by atoms with Crippen molar-refractivity contribution >= 4 is 11.8 Å². The van der Waals surface area contributed by atoms with Crippen LogP contribution in [0.4, 0.5) is 4.39 Å². The lowest BCUT2D eigenvalue weighted by Crippen LogP contribution is -2.43. The molecule has 0 aliphatic carbocycles. The number of piperidine rings is 1. The lowest BCUT2D eigenvalue weighted by atomic mass is 9.95. The molecular formula is C19H21FN2O3. The topological polar surface area (TPSA) is 53.8 Å². The molecule has 1 saturated heterocycles. The molecule has 6 heteroatoms. The summed E-state index contributed by atoms with van der Waals surface area (Å²) in [7, 11) is 1.73. The van der Waals surface area contributed by atoms with E-state index < -0.39 is 0 Å². The maximum atomic E-state index is 13.3. The van der Waals surface area contributed by atoms with Crippen LogP contribution in [0, 0.1) is 11.7 Å². The quantitative estimate of drug-likeness (QED) is 0.857. The van der Waals surface area contributed by atoms with Crippen LogP contribution in [0.2, 0.25) is 0 Å². The van der Waals surface area contributed by atoms with Crippen molar-refractivity contribution in [2.45, 2.75) is 19.4 Å². The van der Waals surface area contributed by atoms with E-state index in [0.717, 1.165) is 5.56 Å². The molecule has 1 aromatic carbocycles. The van der Waals surface area contributed by atoms with Crippen LogP contribution in [0.15, 0.2) is 47.3 Å². The highest BCUT2D eigenvalue weighted by Gasteiger charge is 2.29. The first-order valence-electron chi connectivity index (χ1n) is 8.35. The van der Waals surface area contributed by atoms with Crippen LogP contribution in [0.25, 0.3) is 0 Å². The molecule has 2 aromatic rings. The molecule has 1 aliphatic rings. The summed E-state index contributed by atoms with van der Waals surface area (Å²) in [4.78, 5) is 28.3. The third-order valence-corrected chi connectivity index (χ3v) is 4.58. The van der Waals surface area contributed by atoms with E-state index in [2.05, 4.69) is 0 Å². The van der Waals surface area contributed by atoms with Crippen molar-refractivity contribution in [2.75, 3.05) is 20.1 Å². The highest BCUT2D eigenvalue weighted by Crippen LogP contribution is 2.22. The molecule has 1 aliphatic heterocycles. The van der Waals surface area contributed by atoms with Crippen molar-refractivity contribution in [3.8, 4) is 0 Å². The van der Waals surface area contributed by atoms with Crippen LogP contribution in [-0.4, -0.2) is 41.8 Å². The number of benzene rings is 1. The minimum absolute atomic E-state index is 0.0414. The van der Waals surface area contributed by atoms with Crippen LogP contribution < -0.4 is 0 Å². The second kappa shape index (κ2) is 7.51. The molecule has 0 spiro atoms. The number of hydrogen-bond acceptors (Lipinski definition) is 3. The third-order valence-electron chi connectivity index (χ3n) is 4.58. The summed E-state index contributed by atoms with van der Waals surface area (Å²) in [5.74, 6) is -0.427. The van der Waals surface area contributed by atoms with Gasteiger partial charge in [0.25, 0.3) is 5.91 Å². The second-order valence-electron chi connectivity index (χ2n) is 6.40. The van der Waals surface area contributed by atoms with E-state index in [1.165, 1.54) is 24.7 Å². The highest BCUT2D eigenvalue weighted by molar-refractivity contribution is 5.94. The first-order chi connectivity index (χ1) is 12.0. The molecule has 132 valence electrons. The fourth-order valence-electron chi connectivity index (χ4n) is 3.20. The van der Waals surface area contributed by atoms with Gasteiger partial charge in [0, 0.05) is 32.6 Å². The van der Waals surface area contributed by atoms with Crippen LogP contribution >= 0.6 is 0 Å². The Morgan fingerprint density at radius 2 is 2.04 bits per heavy atom. The molecule has 0 atom stereocenters. The molecular weight excluding hydrogens is 323 g/mol. The molecule has 2 amide bonds. The molecule has 0 radical (unpaired) electrons. The zero-order chi connectivity index (χ0) is 17.8. The van der Waals surface area contributed by atoms with Gasteiger partial charge in [-0.3, -0.25) is 9.59 Å². The molecule has 1 aromatic heterocycles. The maximum absolute atomic E-state index is 13.3. The molecule has 5 nitrogen and oxygen atoms in total. The number of halogens is 1. The van der Waals surface area contributed by atoms with Gasteiger partial charge in [0.15, 0.2) is 0 Å². The predicted octanol–water partition coefficient (Wildman–Crippen LogP) is 2.93. The Bertz CT molecular complexity index is 737. The van der Waals surface area contributed by atoms with Crippen molar-refractivity contribution in [1.82, 2.24) is 9.80 Å². The number of furan rings is 1. The fraction of sp³-hybridized carbons (Fsp3) is 0.368. The molecule has 3 rings (SSSR count). The van der Waals surface area contributed by atoms with E-state index in [0.29, 0.717) is 38.0 Å². The van der Waals surface area contributed by atoms with Crippen LogP contribution in [0.3, 0.4) is 0 Å². The largest absolute Gasteiger partial charge is 0.472 e. The van der Waals surface area contributed by atoms with Crippen molar-refractivity contribution in [3.63, 3.8) is 0 Å². The molecule has 0 bridgehead atoms. The first kappa shape index (κ1) is 17.2. The minimum Gasteiger partial charge on any atom is -0.472 e. The zero-order valence-electron chi connectivity index (χ0n) is 14.2. The van der Waals surface area contributed by atoms with Crippen LogP contribution in [0.1, 0.15) is 28.8 Å². The third kappa shape index (κ3) is 4.07. The number of amides is 2. The van der Waals surface area contributed by atoms with Gasteiger partial charge in [-0.1, -0.05) is 12.1 Å². The Kier molecular flexibility index (Phi) is 5.16. The van der Waals surface area contributed by atoms with Gasteiger partial charge in [-0.2, -0.15) is 0 Å². The van der Waals surface area contributed by atoms with E-state index in [-0.39, 0.29) is 23.5 Å². The number of carbonyl (C=O) groups excluding carboxylic acids is 2. The van der Waals surface area contributed by atoms with Gasteiger partial charge < -0.3 is 14.2 Å². The van der Waals surface area contributed by atoms with Crippen molar-refractivity contribution in [2.24, 2.45) is 5.92 Å². The summed E-state index contributed by atoms with van der Waals surface area (Å²) in [6.07, 6.45) is 4.18. The van der Waals surface area contributed by atoms with Crippen LogP contribution in [-0.2, 0) is 11.3 Å². The van der Waals surface area contributed by atoms with E-state index >= 15 is 0 Å². The molecule has 25 heavy (non-hydrogen) atoms. The van der Waals surface area contributed by atoms with Crippen molar-refractivity contribution in [3.05, 3.63) is 59.8 Å².